The number of benzene rings is 2. The molecular formula is C29H30N4. The molecule has 2 aromatic heterocycles. The summed E-state index contributed by atoms with van der Waals surface area (Å²) in [6, 6.07) is 25.9. The lowest BCUT2D eigenvalue weighted by atomic mass is 10.1. The highest BCUT2D eigenvalue weighted by atomic mass is 15.3. The molecule has 1 aliphatic heterocycles. The van der Waals surface area contributed by atoms with Crippen LogP contribution in [-0.4, -0.2) is 36.1 Å². The number of hydrogen-bond acceptors (Lipinski definition) is 4. The Balaban J connectivity index is 1.24. The highest BCUT2D eigenvalue weighted by Gasteiger charge is 2.17. The second-order valence-electron chi connectivity index (χ2n) is 8.87. The van der Waals surface area contributed by atoms with Gasteiger partial charge in [0.15, 0.2) is 0 Å². The fraction of sp³-hybridized carbons (Fsp3) is 0.241. The summed E-state index contributed by atoms with van der Waals surface area (Å²) in [4.78, 5) is 14.3. The summed E-state index contributed by atoms with van der Waals surface area (Å²) in [5, 5.41) is 0. The number of pyridine rings is 2. The first-order valence-corrected chi connectivity index (χ1v) is 11.7. The molecule has 2 aromatic carbocycles. The average molecular weight is 435 g/mol. The molecule has 0 amide bonds. The molecule has 4 aromatic rings. The number of hydrogen-bond donors (Lipinski definition) is 0. The summed E-state index contributed by atoms with van der Waals surface area (Å²) in [5.41, 5.74) is 7.29. The Kier molecular flexibility index (Phi) is 6.07. The predicted octanol–water partition coefficient (Wildman–Crippen LogP) is 6.14. The maximum atomic E-state index is 4.78. The first-order chi connectivity index (χ1) is 16.2. The van der Waals surface area contributed by atoms with Gasteiger partial charge in [-0.1, -0.05) is 59.7 Å². The van der Waals surface area contributed by atoms with E-state index >= 15 is 0 Å². The van der Waals surface area contributed by atoms with Crippen molar-refractivity contribution in [2.45, 2.75) is 20.3 Å². The molecule has 33 heavy (non-hydrogen) atoms. The van der Waals surface area contributed by atoms with Crippen LogP contribution in [0.4, 0.5) is 11.6 Å². The van der Waals surface area contributed by atoms with E-state index in [1.165, 1.54) is 22.3 Å². The van der Waals surface area contributed by atoms with Crippen LogP contribution in [0.15, 0.2) is 85.2 Å². The van der Waals surface area contributed by atoms with E-state index < -0.39 is 0 Å². The Labute approximate surface area is 196 Å². The number of anilines is 2. The van der Waals surface area contributed by atoms with Gasteiger partial charge in [0.2, 0.25) is 0 Å². The molecule has 0 radical (unpaired) electrons. The van der Waals surface area contributed by atoms with Gasteiger partial charge in [-0.05, 0) is 55.7 Å². The fourth-order valence-electron chi connectivity index (χ4n) is 4.36. The van der Waals surface area contributed by atoms with Gasteiger partial charge in [-0.25, -0.2) is 9.97 Å². The van der Waals surface area contributed by atoms with Gasteiger partial charge in [0.1, 0.15) is 11.6 Å². The Morgan fingerprint density at radius 3 is 1.24 bits per heavy atom. The van der Waals surface area contributed by atoms with Gasteiger partial charge in [-0.2, -0.15) is 0 Å². The number of rotatable bonds is 4. The van der Waals surface area contributed by atoms with Gasteiger partial charge in [-0.3, -0.25) is 0 Å². The Morgan fingerprint density at radius 2 is 0.879 bits per heavy atom. The van der Waals surface area contributed by atoms with Crippen molar-refractivity contribution in [3.05, 3.63) is 96.3 Å². The van der Waals surface area contributed by atoms with Crippen molar-refractivity contribution in [2.75, 3.05) is 36.0 Å². The monoisotopic (exact) mass is 434 g/mol. The minimum atomic E-state index is 0.943. The summed E-state index contributed by atoms with van der Waals surface area (Å²) in [6.07, 6.45) is 5.07. The largest absolute Gasteiger partial charge is 0.355 e. The van der Waals surface area contributed by atoms with Crippen molar-refractivity contribution >= 4 is 11.6 Å². The van der Waals surface area contributed by atoms with E-state index in [0.29, 0.717) is 0 Å². The first-order valence-electron chi connectivity index (χ1n) is 11.7. The van der Waals surface area contributed by atoms with E-state index in [2.05, 4.69) is 96.4 Å². The summed E-state index contributed by atoms with van der Waals surface area (Å²) in [7, 11) is 0. The molecule has 0 unspecified atom stereocenters. The lowest BCUT2D eigenvalue weighted by molar-refractivity contribution is 0.794. The third-order valence-corrected chi connectivity index (χ3v) is 6.41. The van der Waals surface area contributed by atoms with Crippen molar-refractivity contribution in [1.29, 1.82) is 0 Å². The second-order valence-corrected chi connectivity index (χ2v) is 8.87. The van der Waals surface area contributed by atoms with E-state index in [4.69, 9.17) is 9.97 Å². The van der Waals surface area contributed by atoms with Crippen molar-refractivity contribution in [1.82, 2.24) is 9.97 Å². The van der Waals surface area contributed by atoms with E-state index in [0.717, 1.165) is 55.4 Å². The summed E-state index contributed by atoms with van der Waals surface area (Å²) in [5.74, 6) is 2.10. The van der Waals surface area contributed by atoms with Gasteiger partial charge in [0.05, 0.1) is 0 Å². The highest BCUT2D eigenvalue weighted by Crippen LogP contribution is 2.24. The maximum Gasteiger partial charge on any atom is 0.128 e. The van der Waals surface area contributed by atoms with Crippen molar-refractivity contribution in [3.63, 3.8) is 0 Å². The van der Waals surface area contributed by atoms with Crippen molar-refractivity contribution in [3.8, 4) is 22.3 Å². The molecule has 1 fully saturated rings. The Hall–Kier alpha value is -3.66. The third kappa shape index (κ3) is 4.90. The second kappa shape index (κ2) is 9.45. The van der Waals surface area contributed by atoms with E-state index in [1.54, 1.807) is 0 Å². The molecule has 0 aliphatic carbocycles. The molecule has 0 spiro atoms. The molecule has 0 atom stereocenters. The molecule has 0 N–H and O–H groups in total. The lowest BCUT2D eigenvalue weighted by Gasteiger charge is -2.23. The molecule has 0 saturated carbocycles. The van der Waals surface area contributed by atoms with Crippen LogP contribution in [0.3, 0.4) is 0 Å². The van der Waals surface area contributed by atoms with Crippen molar-refractivity contribution in [2.24, 2.45) is 0 Å². The zero-order valence-electron chi connectivity index (χ0n) is 19.4. The van der Waals surface area contributed by atoms with Crippen LogP contribution in [0.5, 0.6) is 0 Å². The van der Waals surface area contributed by atoms with Crippen LogP contribution < -0.4 is 9.80 Å². The minimum absolute atomic E-state index is 0.943. The molecule has 4 nitrogen and oxygen atoms in total. The molecule has 3 heterocycles. The van der Waals surface area contributed by atoms with Crippen LogP contribution in [0.25, 0.3) is 22.3 Å². The SMILES string of the molecule is Cc1ccc(-c2ccc(N3CCCN(c4ccc(-c5ccc(C)cc5)cn4)CC3)nc2)cc1. The zero-order chi connectivity index (χ0) is 22.6. The topological polar surface area (TPSA) is 32.3 Å². The number of aromatic nitrogens is 2. The zero-order valence-corrected chi connectivity index (χ0v) is 19.4. The maximum absolute atomic E-state index is 4.78. The number of nitrogens with zero attached hydrogens (tertiary/aromatic N) is 4. The van der Waals surface area contributed by atoms with Gasteiger partial charge in [0, 0.05) is 49.7 Å². The normalized spacial score (nSPS) is 14.2. The first kappa shape index (κ1) is 21.2. The van der Waals surface area contributed by atoms with Crippen LogP contribution in [0, 0.1) is 13.8 Å². The highest BCUT2D eigenvalue weighted by molar-refractivity contribution is 5.65. The number of aryl methyl sites for hydroxylation is 2. The molecule has 1 saturated heterocycles. The van der Waals surface area contributed by atoms with Gasteiger partial charge in [-0.15, -0.1) is 0 Å². The van der Waals surface area contributed by atoms with E-state index in [9.17, 15) is 0 Å². The van der Waals surface area contributed by atoms with Gasteiger partial charge in [0.25, 0.3) is 0 Å². The summed E-state index contributed by atoms with van der Waals surface area (Å²) >= 11 is 0. The molecular weight excluding hydrogens is 404 g/mol. The molecule has 1 aliphatic rings. The van der Waals surface area contributed by atoms with Crippen LogP contribution in [-0.2, 0) is 0 Å². The molecule has 0 bridgehead atoms. The molecule has 5 rings (SSSR count). The lowest BCUT2D eigenvalue weighted by Crippen LogP contribution is -2.31. The van der Waals surface area contributed by atoms with Gasteiger partial charge >= 0.3 is 0 Å². The fourth-order valence-corrected chi connectivity index (χ4v) is 4.36. The minimum Gasteiger partial charge on any atom is -0.355 e. The Morgan fingerprint density at radius 1 is 0.485 bits per heavy atom. The standard InChI is InChI=1S/C29H30N4/c1-22-4-8-24(9-5-22)26-12-14-28(30-20-26)32-16-3-17-33(19-18-32)29-15-13-27(21-31-29)25-10-6-23(2)7-11-25/h4-15,20-21H,3,16-19H2,1-2H3. The van der Waals surface area contributed by atoms with Crippen LogP contribution >= 0.6 is 0 Å². The average Bonchev–Trinajstić information content (AvgIpc) is 3.12. The van der Waals surface area contributed by atoms with Crippen molar-refractivity contribution < 1.29 is 0 Å². The molecule has 166 valence electrons. The van der Waals surface area contributed by atoms with Crippen LogP contribution in [0.1, 0.15) is 17.5 Å². The Bertz CT molecular complexity index is 1080. The summed E-state index contributed by atoms with van der Waals surface area (Å²) < 4.78 is 0. The van der Waals surface area contributed by atoms with E-state index in [1.807, 2.05) is 12.4 Å². The van der Waals surface area contributed by atoms with E-state index in [-0.39, 0.29) is 0 Å². The molecule has 4 heteroatoms. The quantitative estimate of drug-likeness (QED) is 0.386. The van der Waals surface area contributed by atoms with Crippen LogP contribution in [0.2, 0.25) is 0 Å². The third-order valence-electron chi connectivity index (χ3n) is 6.41. The smallest absolute Gasteiger partial charge is 0.128 e. The predicted molar refractivity (Wildman–Crippen MR) is 138 cm³/mol. The summed E-state index contributed by atoms with van der Waals surface area (Å²) in [6.45, 7) is 8.13. The van der Waals surface area contributed by atoms with Gasteiger partial charge < -0.3 is 9.80 Å².